The van der Waals surface area contributed by atoms with Crippen molar-refractivity contribution < 1.29 is 4.79 Å². The van der Waals surface area contributed by atoms with Crippen molar-refractivity contribution in [2.75, 3.05) is 11.9 Å². The van der Waals surface area contributed by atoms with Gasteiger partial charge in [0, 0.05) is 18.8 Å². The Bertz CT molecular complexity index is 451. The van der Waals surface area contributed by atoms with Crippen LogP contribution in [-0.2, 0) is 11.2 Å². The molecular formula is C13H16N2O. The number of hydrogen-bond donors (Lipinski definition) is 1. The van der Waals surface area contributed by atoms with E-state index < -0.39 is 0 Å². The highest BCUT2D eigenvalue weighted by Crippen LogP contribution is 2.33. The Hall–Kier alpha value is -1.77. The molecule has 1 heterocycles. The third-order valence-corrected chi connectivity index (χ3v) is 3.15. The van der Waals surface area contributed by atoms with Crippen LogP contribution in [0.3, 0.4) is 0 Å². The summed E-state index contributed by atoms with van der Waals surface area (Å²) in [6.45, 7) is 1.96. The number of benzene rings is 1. The van der Waals surface area contributed by atoms with Gasteiger partial charge in [-0.05, 0) is 30.5 Å². The van der Waals surface area contributed by atoms with Crippen molar-refractivity contribution in [3.63, 3.8) is 0 Å². The van der Waals surface area contributed by atoms with E-state index in [1.165, 1.54) is 17.3 Å². The number of nitrogens with zero attached hydrogens (tertiary/aromatic N) is 1. The molecule has 3 nitrogen and oxygen atoms in total. The molecule has 0 bridgehead atoms. The molecule has 1 amide bonds. The number of hydrogen-bond acceptors (Lipinski definition) is 2. The second kappa shape index (κ2) is 4.00. The van der Waals surface area contributed by atoms with E-state index in [1.54, 1.807) is 0 Å². The molecule has 1 unspecified atom stereocenters. The maximum Gasteiger partial charge on any atom is 0.241 e. The molecular weight excluding hydrogens is 200 g/mol. The molecule has 0 radical (unpaired) electrons. The first-order valence-corrected chi connectivity index (χ1v) is 5.38. The molecule has 0 fully saturated rings. The third kappa shape index (κ3) is 1.81. The van der Waals surface area contributed by atoms with Gasteiger partial charge >= 0.3 is 0 Å². The minimum atomic E-state index is -0.373. The molecule has 1 aliphatic heterocycles. The Morgan fingerprint density at radius 2 is 2.19 bits per heavy atom. The fourth-order valence-corrected chi connectivity index (χ4v) is 2.33. The van der Waals surface area contributed by atoms with Gasteiger partial charge in [-0.25, -0.2) is 0 Å². The first-order valence-electron chi connectivity index (χ1n) is 5.38. The first-order chi connectivity index (χ1) is 7.59. The van der Waals surface area contributed by atoms with Crippen molar-refractivity contribution >= 4 is 11.6 Å². The maximum absolute atomic E-state index is 10.9. The van der Waals surface area contributed by atoms with Gasteiger partial charge in [-0.15, -0.1) is 0 Å². The molecule has 2 N–H and O–H groups in total. The number of carbonyl (C=O) groups excluding carboxylic acids is 1. The summed E-state index contributed by atoms with van der Waals surface area (Å²) in [5, 5.41) is 0. The Labute approximate surface area is 95.6 Å². The van der Waals surface area contributed by atoms with E-state index in [9.17, 15) is 4.79 Å². The number of likely N-dealkylation sites (N-methyl/N-ethyl adjacent to an activating group) is 1. The topological polar surface area (TPSA) is 46.3 Å². The van der Waals surface area contributed by atoms with Gasteiger partial charge in [0.2, 0.25) is 5.91 Å². The second-order valence-electron chi connectivity index (χ2n) is 4.25. The maximum atomic E-state index is 10.9. The van der Waals surface area contributed by atoms with Crippen LogP contribution in [0.15, 0.2) is 35.9 Å². The molecule has 84 valence electrons. The van der Waals surface area contributed by atoms with E-state index in [2.05, 4.69) is 24.1 Å². The molecule has 0 saturated carbocycles. The summed E-state index contributed by atoms with van der Waals surface area (Å²) in [6.07, 6.45) is 2.47. The highest BCUT2D eigenvalue weighted by atomic mass is 16.1. The van der Waals surface area contributed by atoms with E-state index in [4.69, 9.17) is 5.73 Å². The number of anilines is 1. The molecule has 0 saturated heterocycles. The van der Waals surface area contributed by atoms with Crippen LogP contribution in [0.5, 0.6) is 0 Å². The van der Waals surface area contributed by atoms with Gasteiger partial charge in [-0.3, -0.25) is 4.79 Å². The smallest absolute Gasteiger partial charge is 0.241 e. The number of primary amides is 1. The van der Waals surface area contributed by atoms with Gasteiger partial charge in [0.25, 0.3) is 0 Å². The predicted molar refractivity (Wildman–Crippen MR) is 65.3 cm³/mol. The quantitative estimate of drug-likeness (QED) is 0.761. The van der Waals surface area contributed by atoms with Gasteiger partial charge in [0.1, 0.15) is 0 Å². The standard InChI is InChI=1S/C13H16N2O/c1-9(7-13(14)16)12-8-10-5-3-4-6-11(10)15(12)2/h3-7,12H,8H2,1-2H3,(H2,14,16)/b9-7+. The molecule has 0 aromatic heterocycles. The molecule has 1 aromatic carbocycles. The van der Waals surface area contributed by atoms with Crippen LogP contribution in [0.4, 0.5) is 5.69 Å². The minimum absolute atomic E-state index is 0.255. The monoisotopic (exact) mass is 216 g/mol. The van der Waals surface area contributed by atoms with Crippen LogP contribution < -0.4 is 10.6 Å². The largest absolute Gasteiger partial charge is 0.367 e. The molecule has 2 rings (SSSR count). The van der Waals surface area contributed by atoms with E-state index in [0.29, 0.717) is 0 Å². The summed E-state index contributed by atoms with van der Waals surface area (Å²) in [5.74, 6) is -0.373. The molecule has 0 spiro atoms. The number of rotatable bonds is 2. The molecule has 0 aliphatic carbocycles. The zero-order chi connectivity index (χ0) is 11.7. The average molecular weight is 216 g/mol. The van der Waals surface area contributed by atoms with Crippen LogP contribution in [0, 0.1) is 0 Å². The fourth-order valence-electron chi connectivity index (χ4n) is 2.33. The lowest BCUT2D eigenvalue weighted by atomic mass is 10.0. The van der Waals surface area contributed by atoms with Crippen molar-refractivity contribution in [3.8, 4) is 0 Å². The zero-order valence-electron chi connectivity index (χ0n) is 9.60. The molecule has 3 heteroatoms. The number of carbonyl (C=O) groups is 1. The zero-order valence-corrected chi connectivity index (χ0v) is 9.60. The number of para-hydroxylation sites is 1. The normalized spacial score (nSPS) is 19.8. The Balaban J connectivity index is 2.28. The Kier molecular flexibility index (Phi) is 2.69. The van der Waals surface area contributed by atoms with Crippen molar-refractivity contribution in [1.29, 1.82) is 0 Å². The summed E-state index contributed by atoms with van der Waals surface area (Å²) in [5.41, 5.74) is 8.76. The summed E-state index contributed by atoms with van der Waals surface area (Å²) < 4.78 is 0. The lowest BCUT2D eigenvalue weighted by Gasteiger charge is -2.23. The van der Waals surface area contributed by atoms with E-state index in [1.807, 2.05) is 19.1 Å². The first kappa shape index (κ1) is 10.7. The van der Waals surface area contributed by atoms with Gasteiger partial charge in [0.15, 0.2) is 0 Å². The second-order valence-corrected chi connectivity index (χ2v) is 4.25. The summed E-state index contributed by atoms with van der Waals surface area (Å²) >= 11 is 0. The predicted octanol–water partition coefficient (Wildman–Crippen LogP) is 1.48. The highest BCUT2D eigenvalue weighted by Gasteiger charge is 2.26. The van der Waals surface area contributed by atoms with E-state index in [-0.39, 0.29) is 11.9 Å². The number of amides is 1. The molecule has 1 aromatic rings. The SMILES string of the molecule is C/C(=C\C(N)=O)C1Cc2ccccc2N1C. The van der Waals surface area contributed by atoms with Crippen LogP contribution >= 0.6 is 0 Å². The number of fused-ring (bicyclic) bond motifs is 1. The number of nitrogens with two attached hydrogens (primary N) is 1. The van der Waals surface area contributed by atoms with Crippen LogP contribution in [0.1, 0.15) is 12.5 Å². The lowest BCUT2D eigenvalue weighted by Crippen LogP contribution is -2.29. The Morgan fingerprint density at radius 1 is 1.50 bits per heavy atom. The van der Waals surface area contributed by atoms with Crippen molar-refractivity contribution in [2.24, 2.45) is 5.73 Å². The minimum Gasteiger partial charge on any atom is -0.367 e. The Morgan fingerprint density at radius 3 is 2.81 bits per heavy atom. The lowest BCUT2D eigenvalue weighted by molar-refractivity contribution is -0.113. The van der Waals surface area contributed by atoms with E-state index >= 15 is 0 Å². The van der Waals surface area contributed by atoms with E-state index in [0.717, 1.165) is 12.0 Å². The van der Waals surface area contributed by atoms with Gasteiger partial charge < -0.3 is 10.6 Å². The van der Waals surface area contributed by atoms with Crippen LogP contribution in [0.25, 0.3) is 0 Å². The van der Waals surface area contributed by atoms with Crippen molar-refractivity contribution in [1.82, 2.24) is 0 Å². The molecule has 1 aliphatic rings. The molecule has 16 heavy (non-hydrogen) atoms. The summed E-state index contributed by atoms with van der Waals surface area (Å²) in [7, 11) is 2.05. The fraction of sp³-hybridized carbons (Fsp3) is 0.308. The van der Waals surface area contributed by atoms with Gasteiger partial charge in [-0.2, -0.15) is 0 Å². The van der Waals surface area contributed by atoms with Crippen molar-refractivity contribution in [3.05, 3.63) is 41.5 Å². The van der Waals surface area contributed by atoms with Gasteiger partial charge in [-0.1, -0.05) is 18.2 Å². The third-order valence-electron chi connectivity index (χ3n) is 3.15. The van der Waals surface area contributed by atoms with Crippen LogP contribution in [0.2, 0.25) is 0 Å². The summed E-state index contributed by atoms with van der Waals surface area (Å²) in [6, 6.07) is 8.56. The summed E-state index contributed by atoms with van der Waals surface area (Å²) in [4.78, 5) is 13.1. The average Bonchev–Trinajstić information content (AvgIpc) is 2.56. The highest BCUT2D eigenvalue weighted by molar-refractivity contribution is 5.86. The molecule has 1 atom stereocenters. The van der Waals surface area contributed by atoms with Crippen LogP contribution in [-0.4, -0.2) is 19.0 Å². The van der Waals surface area contributed by atoms with Crippen molar-refractivity contribution in [2.45, 2.75) is 19.4 Å². The van der Waals surface area contributed by atoms with Gasteiger partial charge in [0.05, 0.1) is 6.04 Å².